The fourth-order valence-corrected chi connectivity index (χ4v) is 4.37. The molecule has 0 bridgehead atoms. The van der Waals surface area contributed by atoms with Gasteiger partial charge in [0.2, 0.25) is 5.91 Å². The Balaban J connectivity index is 1.75. The fourth-order valence-electron chi connectivity index (χ4n) is 3.44. The number of hydrogen-bond donors (Lipinski definition) is 1. The van der Waals surface area contributed by atoms with Crippen LogP contribution in [-0.2, 0) is 4.79 Å². The number of amides is 1. The summed E-state index contributed by atoms with van der Waals surface area (Å²) in [5.41, 5.74) is 5.22. The molecule has 5 nitrogen and oxygen atoms in total. The van der Waals surface area contributed by atoms with Crippen molar-refractivity contribution in [2.24, 2.45) is 0 Å². The summed E-state index contributed by atoms with van der Waals surface area (Å²) in [7, 11) is 0. The van der Waals surface area contributed by atoms with Crippen molar-refractivity contribution in [3.05, 3.63) is 93.8 Å². The van der Waals surface area contributed by atoms with E-state index < -0.39 is 5.25 Å². The molecule has 0 fully saturated rings. The van der Waals surface area contributed by atoms with E-state index >= 15 is 0 Å². The van der Waals surface area contributed by atoms with Crippen molar-refractivity contribution in [3.8, 4) is 5.69 Å². The van der Waals surface area contributed by atoms with Gasteiger partial charge >= 0.3 is 0 Å². The summed E-state index contributed by atoms with van der Waals surface area (Å²) in [5, 5.41) is 3.56. The Morgan fingerprint density at radius 2 is 1.66 bits per heavy atom. The number of nitrogens with zero attached hydrogens (tertiary/aromatic N) is 2. The van der Waals surface area contributed by atoms with E-state index in [0.717, 1.165) is 28.1 Å². The van der Waals surface area contributed by atoms with Crippen LogP contribution in [0, 0.1) is 20.8 Å². The lowest BCUT2D eigenvalue weighted by atomic mass is 10.1. The topological polar surface area (TPSA) is 64.0 Å². The van der Waals surface area contributed by atoms with Crippen LogP contribution in [0.15, 0.2) is 76.7 Å². The summed E-state index contributed by atoms with van der Waals surface area (Å²) < 4.78 is 1.61. The second kappa shape index (κ2) is 9.01. The van der Waals surface area contributed by atoms with E-state index in [1.807, 2.05) is 88.4 Å². The average Bonchev–Trinajstić information content (AvgIpc) is 2.77. The minimum atomic E-state index is -0.458. The zero-order valence-electron chi connectivity index (χ0n) is 18.5. The molecule has 1 unspecified atom stereocenters. The molecule has 32 heavy (non-hydrogen) atoms. The molecule has 1 aromatic heterocycles. The number of carbonyl (C=O) groups excluding carboxylic acids is 1. The molecule has 1 atom stereocenters. The van der Waals surface area contributed by atoms with Crippen molar-refractivity contribution in [2.45, 2.75) is 38.1 Å². The standard InChI is InChI=1S/C26H25N3O2S/c1-16-13-14-20(15-18(16)3)29-25(31)21-10-6-8-12-23(21)28-26(29)32-19(4)24(30)27-22-11-7-5-9-17(22)2/h5-15,19H,1-4H3,(H,27,30). The molecule has 0 aliphatic heterocycles. The summed E-state index contributed by atoms with van der Waals surface area (Å²) in [6.45, 7) is 7.83. The van der Waals surface area contributed by atoms with Gasteiger partial charge in [-0.3, -0.25) is 14.2 Å². The number of aromatic nitrogens is 2. The molecule has 4 rings (SSSR count). The Kier molecular flexibility index (Phi) is 6.15. The third-order valence-corrected chi connectivity index (χ3v) is 6.60. The highest BCUT2D eigenvalue weighted by molar-refractivity contribution is 8.00. The molecule has 162 valence electrons. The molecule has 1 N–H and O–H groups in total. The molecule has 6 heteroatoms. The minimum Gasteiger partial charge on any atom is -0.325 e. The number of rotatable bonds is 5. The first-order chi connectivity index (χ1) is 15.3. The van der Waals surface area contributed by atoms with Crippen molar-refractivity contribution < 1.29 is 4.79 Å². The van der Waals surface area contributed by atoms with Crippen molar-refractivity contribution in [1.29, 1.82) is 0 Å². The number of aryl methyl sites for hydroxylation is 3. The van der Waals surface area contributed by atoms with Crippen LogP contribution < -0.4 is 10.9 Å². The second-order valence-electron chi connectivity index (χ2n) is 7.88. The molecule has 0 aliphatic carbocycles. The lowest BCUT2D eigenvalue weighted by Crippen LogP contribution is -2.26. The van der Waals surface area contributed by atoms with Crippen molar-refractivity contribution in [3.63, 3.8) is 0 Å². The van der Waals surface area contributed by atoms with E-state index in [-0.39, 0.29) is 11.5 Å². The van der Waals surface area contributed by atoms with Gasteiger partial charge in [-0.05, 0) is 74.7 Å². The molecule has 0 saturated heterocycles. The number of anilines is 1. The lowest BCUT2D eigenvalue weighted by Gasteiger charge is -2.17. The largest absolute Gasteiger partial charge is 0.325 e. The third kappa shape index (κ3) is 4.32. The van der Waals surface area contributed by atoms with Gasteiger partial charge in [0.1, 0.15) is 0 Å². The number of nitrogens with one attached hydrogen (secondary N) is 1. The van der Waals surface area contributed by atoms with Crippen LogP contribution in [0.5, 0.6) is 0 Å². The predicted molar refractivity (Wildman–Crippen MR) is 132 cm³/mol. The lowest BCUT2D eigenvalue weighted by molar-refractivity contribution is -0.115. The molecular formula is C26H25N3O2S. The first-order valence-electron chi connectivity index (χ1n) is 10.5. The van der Waals surface area contributed by atoms with Gasteiger partial charge in [-0.25, -0.2) is 4.98 Å². The maximum absolute atomic E-state index is 13.4. The molecule has 0 radical (unpaired) electrons. The first kappa shape index (κ1) is 21.8. The van der Waals surface area contributed by atoms with Crippen LogP contribution in [-0.4, -0.2) is 20.7 Å². The van der Waals surface area contributed by atoms with Crippen LogP contribution in [0.3, 0.4) is 0 Å². The molecule has 1 amide bonds. The fraction of sp³-hybridized carbons (Fsp3) is 0.192. The van der Waals surface area contributed by atoms with Gasteiger partial charge in [0, 0.05) is 5.69 Å². The van der Waals surface area contributed by atoms with E-state index in [1.54, 1.807) is 10.6 Å². The molecule has 3 aromatic carbocycles. The maximum atomic E-state index is 13.4. The highest BCUT2D eigenvalue weighted by Gasteiger charge is 2.21. The number of benzene rings is 3. The minimum absolute atomic E-state index is 0.140. The third-order valence-electron chi connectivity index (χ3n) is 5.55. The number of fused-ring (bicyclic) bond motifs is 1. The quantitative estimate of drug-likeness (QED) is 0.330. The highest BCUT2D eigenvalue weighted by atomic mass is 32.2. The highest BCUT2D eigenvalue weighted by Crippen LogP contribution is 2.27. The van der Waals surface area contributed by atoms with Gasteiger partial charge in [-0.2, -0.15) is 0 Å². The van der Waals surface area contributed by atoms with Crippen molar-refractivity contribution >= 4 is 34.3 Å². The first-order valence-corrected chi connectivity index (χ1v) is 11.4. The Morgan fingerprint density at radius 1 is 0.938 bits per heavy atom. The van der Waals surface area contributed by atoms with E-state index in [0.29, 0.717) is 16.1 Å². The van der Waals surface area contributed by atoms with Crippen molar-refractivity contribution in [2.75, 3.05) is 5.32 Å². The Hall–Kier alpha value is -3.38. The van der Waals surface area contributed by atoms with Gasteiger partial charge in [-0.15, -0.1) is 0 Å². The Bertz CT molecular complexity index is 1380. The molecule has 0 spiro atoms. The predicted octanol–water partition coefficient (Wildman–Crippen LogP) is 5.43. The summed E-state index contributed by atoms with van der Waals surface area (Å²) in [5.74, 6) is -0.140. The van der Waals surface area contributed by atoms with Crippen molar-refractivity contribution in [1.82, 2.24) is 9.55 Å². The number of thioether (sulfide) groups is 1. The zero-order valence-corrected chi connectivity index (χ0v) is 19.4. The molecule has 0 aliphatic rings. The molecule has 0 saturated carbocycles. The number of para-hydroxylation sites is 2. The monoisotopic (exact) mass is 443 g/mol. The number of hydrogen-bond acceptors (Lipinski definition) is 4. The Morgan fingerprint density at radius 3 is 2.41 bits per heavy atom. The second-order valence-corrected chi connectivity index (χ2v) is 9.19. The maximum Gasteiger partial charge on any atom is 0.266 e. The summed E-state index contributed by atoms with van der Waals surface area (Å²) in [4.78, 5) is 31.1. The molecular weight excluding hydrogens is 418 g/mol. The van der Waals surface area contributed by atoms with Crippen LogP contribution in [0.4, 0.5) is 5.69 Å². The van der Waals surface area contributed by atoms with Gasteiger partial charge in [0.05, 0.1) is 21.8 Å². The Labute approximate surface area is 191 Å². The van der Waals surface area contributed by atoms with Crippen LogP contribution in [0.25, 0.3) is 16.6 Å². The summed E-state index contributed by atoms with van der Waals surface area (Å²) >= 11 is 1.28. The van der Waals surface area contributed by atoms with Crippen LogP contribution >= 0.6 is 11.8 Å². The molecule has 1 heterocycles. The van der Waals surface area contributed by atoms with Crippen LogP contribution in [0.1, 0.15) is 23.6 Å². The van der Waals surface area contributed by atoms with Gasteiger partial charge in [-0.1, -0.05) is 48.2 Å². The van der Waals surface area contributed by atoms with Gasteiger partial charge in [0.25, 0.3) is 5.56 Å². The zero-order chi connectivity index (χ0) is 22.8. The van der Waals surface area contributed by atoms with E-state index in [2.05, 4.69) is 5.32 Å². The van der Waals surface area contributed by atoms with Crippen LogP contribution in [0.2, 0.25) is 0 Å². The van der Waals surface area contributed by atoms with E-state index in [1.165, 1.54) is 11.8 Å². The van der Waals surface area contributed by atoms with Gasteiger partial charge in [0.15, 0.2) is 5.16 Å². The molecule has 4 aromatic rings. The normalized spacial score (nSPS) is 12.0. The van der Waals surface area contributed by atoms with Gasteiger partial charge < -0.3 is 5.32 Å². The van der Waals surface area contributed by atoms with E-state index in [4.69, 9.17) is 4.98 Å². The SMILES string of the molecule is Cc1ccc(-n2c(SC(C)C(=O)Nc3ccccc3C)nc3ccccc3c2=O)cc1C. The number of carbonyl (C=O) groups is 1. The smallest absolute Gasteiger partial charge is 0.266 e. The summed E-state index contributed by atoms with van der Waals surface area (Å²) in [6, 6.07) is 20.9. The van der Waals surface area contributed by atoms with E-state index in [9.17, 15) is 9.59 Å². The summed E-state index contributed by atoms with van der Waals surface area (Å²) in [6.07, 6.45) is 0. The average molecular weight is 444 g/mol.